The first-order valence-corrected chi connectivity index (χ1v) is 18.1. The van der Waals surface area contributed by atoms with E-state index in [-0.39, 0.29) is 29.9 Å². The Labute approximate surface area is 248 Å². The van der Waals surface area contributed by atoms with Crippen LogP contribution in [-0.4, -0.2) is 74.6 Å². The molecule has 3 saturated heterocycles. The van der Waals surface area contributed by atoms with Crippen molar-refractivity contribution >= 4 is 37.2 Å². The maximum absolute atomic E-state index is 14.4. The smallest absolute Gasteiger partial charge is 0.264 e. The van der Waals surface area contributed by atoms with Gasteiger partial charge in [0.05, 0.1) is 18.5 Å². The highest BCUT2D eigenvalue weighted by Crippen LogP contribution is 2.60. The van der Waals surface area contributed by atoms with Crippen LogP contribution in [0.1, 0.15) is 31.7 Å². The first kappa shape index (κ1) is 29.1. The van der Waals surface area contributed by atoms with E-state index in [1.165, 1.54) is 0 Å². The Balaban J connectivity index is 1.46. The van der Waals surface area contributed by atoms with Crippen LogP contribution in [0.2, 0.25) is 18.6 Å². The Hall–Kier alpha value is -3.02. The molecule has 10 heteroatoms. The standard InChI is InChI=1S/C32H42N4O5Si/c1-5-18-34-26-12-11-24(20-25(26)32(30(34)39)22(2)28(42(3,4)40)27(41-32)13-19-37)35-21-36(23-9-7-6-8-10-23)31(29(35)38)14-16-33-17-15-31/h5-12,20,22,27-28,33,37,40H,1,13-19,21H2,2-4H3/t22-,27+,28-,32+/m0/s1. The van der Waals surface area contributed by atoms with E-state index in [2.05, 4.69) is 28.9 Å². The zero-order valence-corrected chi connectivity index (χ0v) is 25.8. The van der Waals surface area contributed by atoms with Gasteiger partial charge in [-0.2, -0.15) is 0 Å². The van der Waals surface area contributed by atoms with Gasteiger partial charge in [0, 0.05) is 41.5 Å². The van der Waals surface area contributed by atoms with Gasteiger partial charge in [-0.3, -0.25) is 14.5 Å². The van der Waals surface area contributed by atoms with Crippen LogP contribution >= 0.6 is 0 Å². The summed E-state index contributed by atoms with van der Waals surface area (Å²) in [5.41, 5.74) is 0.968. The van der Waals surface area contributed by atoms with Crippen LogP contribution in [0.3, 0.4) is 0 Å². The third-order valence-corrected chi connectivity index (χ3v) is 12.4. The van der Waals surface area contributed by atoms with Crippen LogP contribution in [0.25, 0.3) is 0 Å². The van der Waals surface area contributed by atoms with Crippen molar-refractivity contribution < 1.29 is 24.2 Å². The molecular formula is C32H42N4O5Si. The van der Waals surface area contributed by atoms with E-state index in [1.54, 1.807) is 11.0 Å². The van der Waals surface area contributed by atoms with Gasteiger partial charge in [0.2, 0.25) is 0 Å². The molecule has 0 aliphatic carbocycles. The van der Waals surface area contributed by atoms with E-state index in [1.807, 2.05) is 61.3 Å². The number of carbonyl (C=O) groups excluding carboxylic acids is 2. The highest BCUT2D eigenvalue weighted by Gasteiger charge is 2.66. The van der Waals surface area contributed by atoms with E-state index >= 15 is 0 Å². The number of carbonyl (C=O) groups is 2. The van der Waals surface area contributed by atoms with Crippen molar-refractivity contribution in [1.29, 1.82) is 0 Å². The second-order valence-electron chi connectivity index (χ2n) is 12.7. The molecule has 224 valence electrons. The summed E-state index contributed by atoms with van der Waals surface area (Å²) in [6, 6.07) is 15.9. The summed E-state index contributed by atoms with van der Waals surface area (Å²) in [4.78, 5) is 45.8. The van der Waals surface area contributed by atoms with E-state index in [4.69, 9.17) is 4.74 Å². The van der Waals surface area contributed by atoms with Crippen LogP contribution in [0, 0.1) is 5.92 Å². The number of aliphatic hydroxyl groups is 1. The van der Waals surface area contributed by atoms with Crippen molar-refractivity contribution in [1.82, 2.24) is 5.32 Å². The van der Waals surface area contributed by atoms with Gasteiger partial charge in [-0.1, -0.05) is 31.2 Å². The SMILES string of the molecule is C=CCN1C(=O)[C@]2(O[C@H](CCO)[C@@H]([Si](C)(C)O)[C@@H]2C)c2cc(N3CN(c4ccccc4)C4(CCNCC4)C3=O)ccc21. The molecule has 0 bridgehead atoms. The minimum Gasteiger partial charge on any atom is -0.432 e. The molecule has 9 nitrogen and oxygen atoms in total. The fourth-order valence-corrected chi connectivity index (χ4v) is 10.7. The summed E-state index contributed by atoms with van der Waals surface area (Å²) in [6.07, 6.45) is 2.99. The highest BCUT2D eigenvalue weighted by molar-refractivity contribution is 6.71. The molecule has 0 radical (unpaired) electrons. The monoisotopic (exact) mass is 590 g/mol. The van der Waals surface area contributed by atoms with Crippen molar-refractivity contribution in [2.75, 3.05) is 47.6 Å². The summed E-state index contributed by atoms with van der Waals surface area (Å²) in [5.74, 6) is -0.448. The third kappa shape index (κ3) is 4.18. The summed E-state index contributed by atoms with van der Waals surface area (Å²) < 4.78 is 6.73. The van der Waals surface area contributed by atoms with Crippen molar-refractivity contribution in [2.24, 2.45) is 5.92 Å². The van der Waals surface area contributed by atoms with Crippen LogP contribution in [0.4, 0.5) is 17.1 Å². The van der Waals surface area contributed by atoms with Gasteiger partial charge in [0.25, 0.3) is 11.8 Å². The summed E-state index contributed by atoms with van der Waals surface area (Å²) >= 11 is 0. The molecule has 42 heavy (non-hydrogen) atoms. The minimum absolute atomic E-state index is 0.0643. The molecule has 2 aromatic carbocycles. The molecule has 0 unspecified atom stereocenters. The number of piperidine rings is 1. The molecule has 0 aromatic heterocycles. The lowest BCUT2D eigenvalue weighted by Gasteiger charge is -2.39. The predicted molar refractivity (Wildman–Crippen MR) is 166 cm³/mol. The van der Waals surface area contributed by atoms with E-state index in [0.29, 0.717) is 38.0 Å². The number of para-hydroxylation sites is 1. The maximum atomic E-state index is 14.4. The lowest BCUT2D eigenvalue weighted by atomic mass is 9.82. The number of hydrogen-bond donors (Lipinski definition) is 3. The fraction of sp³-hybridized carbons (Fsp3) is 0.500. The summed E-state index contributed by atoms with van der Waals surface area (Å²) in [6.45, 7) is 11.8. The number of aliphatic hydroxyl groups excluding tert-OH is 1. The van der Waals surface area contributed by atoms with Crippen LogP contribution < -0.4 is 20.0 Å². The van der Waals surface area contributed by atoms with Crippen LogP contribution in [0.15, 0.2) is 61.2 Å². The van der Waals surface area contributed by atoms with E-state index < -0.39 is 25.6 Å². The Morgan fingerprint density at radius 2 is 1.81 bits per heavy atom. The number of fused-ring (bicyclic) bond motifs is 2. The number of ether oxygens (including phenoxy) is 1. The van der Waals surface area contributed by atoms with Crippen molar-refractivity contribution in [3.05, 3.63) is 66.7 Å². The minimum atomic E-state index is -2.80. The number of anilines is 3. The van der Waals surface area contributed by atoms with Gasteiger partial charge in [0.15, 0.2) is 13.9 Å². The molecule has 2 amide bonds. The third-order valence-electron chi connectivity index (χ3n) is 9.95. The molecule has 6 rings (SSSR count). The van der Waals surface area contributed by atoms with Crippen molar-refractivity contribution in [3.63, 3.8) is 0 Å². The summed E-state index contributed by atoms with van der Waals surface area (Å²) in [7, 11) is -2.80. The van der Waals surface area contributed by atoms with Crippen LogP contribution in [0.5, 0.6) is 0 Å². The number of benzene rings is 2. The van der Waals surface area contributed by atoms with Crippen molar-refractivity contribution in [2.45, 2.75) is 62.1 Å². The number of rotatable bonds is 7. The Kier molecular flexibility index (Phi) is 7.34. The van der Waals surface area contributed by atoms with E-state index in [9.17, 15) is 19.5 Å². The number of nitrogens with one attached hydrogen (secondary N) is 1. The second-order valence-corrected chi connectivity index (χ2v) is 16.7. The quantitative estimate of drug-likeness (QED) is 0.336. The molecule has 3 fully saturated rings. The van der Waals surface area contributed by atoms with Gasteiger partial charge in [-0.15, -0.1) is 6.58 Å². The highest BCUT2D eigenvalue weighted by atomic mass is 28.4. The number of hydrogen-bond acceptors (Lipinski definition) is 7. The molecule has 2 spiro atoms. The maximum Gasteiger partial charge on any atom is 0.264 e. The molecule has 4 aliphatic heterocycles. The van der Waals surface area contributed by atoms with Gasteiger partial charge in [-0.25, -0.2) is 0 Å². The zero-order valence-electron chi connectivity index (χ0n) is 24.8. The Bertz CT molecular complexity index is 1370. The Morgan fingerprint density at radius 3 is 2.45 bits per heavy atom. The van der Waals surface area contributed by atoms with Gasteiger partial charge < -0.3 is 29.8 Å². The molecule has 2 aromatic rings. The average Bonchev–Trinajstić information content (AvgIpc) is 3.52. The van der Waals surface area contributed by atoms with E-state index in [0.717, 1.165) is 30.2 Å². The second kappa shape index (κ2) is 10.6. The number of nitrogens with zero attached hydrogens (tertiary/aromatic N) is 3. The molecule has 4 heterocycles. The first-order valence-electron chi connectivity index (χ1n) is 15.0. The predicted octanol–water partition coefficient (Wildman–Crippen LogP) is 3.33. The van der Waals surface area contributed by atoms with Gasteiger partial charge in [-0.05, 0) is 75.8 Å². The lowest BCUT2D eigenvalue weighted by molar-refractivity contribution is -0.146. The lowest BCUT2D eigenvalue weighted by Crippen LogP contribution is -2.55. The normalized spacial score (nSPS) is 28.8. The number of amides is 2. The molecule has 0 saturated carbocycles. The average molecular weight is 591 g/mol. The topological polar surface area (TPSA) is 106 Å². The molecule has 4 aliphatic rings. The van der Waals surface area contributed by atoms with Crippen LogP contribution in [-0.2, 0) is 19.9 Å². The largest absolute Gasteiger partial charge is 0.432 e. The fourth-order valence-electron chi connectivity index (χ4n) is 8.11. The molecular weight excluding hydrogens is 548 g/mol. The molecule has 3 N–H and O–H groups in total. The Morgan fingerprint density at radius 1 is 1.10 bits per heavy atom. The molecule has 4 atom stereocenters. The van der Waals surface area contributed by atoms with Gasteiger partial charge in [0.1, 0.15) is 5.54 Å². The first-order chi connectivity index (χ1) is 20.1. The van der Waals surface area contributed by atoms with Crippen molar-refractivity contribution in [3.8, 4) is 0 Å². The zero-order chi connectivity index (χ0) is 29.9. The summed E-state index contributed by atoms with van der Waals surface area (Å²) in [5, 5.41) is 13.3. The van der Waals surface area contributed by atoms with Gasteiger partial charge >= 0.3 is 0 Å².